The van der Waals surface area contributed by atoms with Crippen molar-refractivity contribution in [2.24, 2.45) is 23.7 Å². The summed E-state index contributed by atoms with van der Waals surface area (Å²) < 4.78 is 13.7. The van der Waals surface area contributed by atoms with E-state index in [2.05, 4.69) is 51.3 Å². The second-order valence-electron chi connectivity index (χ2n) is 13.3. The highest BCUT2D eigenvalue weighted by molar-refractivity contribution is 7.20. The van der Waals surface area contributed by atoms with E-state index in [0.29, 0.717) is 30.0 Å². The van der Waals surface area contributed by atoms with Gasteiger partial charge in [-0.05, 0) is 110 Å². The zero-order valence-electron chi connectivity index (χ0n) is 24.8. The highest BCUT2D eigenvalue weighted by Gasteiger charge is 2.46. The van der Waals surface area contributed by atoms with Crippen molar-refractivity contribution in [1.29, 1.82) is 0 Å². The summed E-state index contributed by atoms with van der Waals surface area (Å²) in [7, 11) is -0.988. The number of phenols is 1. The van der Waals surface area contributed by atoms with Gasteiger partial charge in [0.05, 0.1) is 11.2 Å². The van der Waals surface area contributed by atoms with E-state index >= 15 is 0 Å². The van der Waals surface area contributed by atoms with Crippen molar-refractivity contribution in [3.05, 3.63) is 58.1 Å². The topological polar surface area (TPSA) is 80.7 Å². The van der Waals surface area contributed by atoms with Crippen LogP contribution in [-0.4, -0.2) is 38.2 Å². The normalized spacial score (nSPS) is 23.3. The monoisotopic (exact) mass is 589 g/mol. The zero-order chi connectivity index (χ0) is 28.9. The van der Waals surface area contributed by atoms with Crippen LogP contribution in [0.1, 0.15) is 73.8 Å². The molecule has 4 fully saturated rings. The van der Waals surface area contributed by atoms with Gasteiger partial charge in [0.1, 0.15) is 29.4 Å². The molecule has 2 N–H and O–H groups in total. The number of aromatic nitrogens is 1. The Hall–Kier alpha value is -2.84. The molecule has 3 aromatic rings. The van der Waals surface area contributed by atoms with Gasteiger partial charge in [0.2, 0.25) is 0 Å². The van der Waals surface area contributed by atoms with E-state index in [-0.39, 0.29) is 17.1 Å². The third kappa shape index (κ3) is 5.91. The number of hydrogen-bond acceptors (Lipinski definition) is 6. The standard InChI is InChI=1S/C33H41N2O4SSi/c1-33(2,3)24-17-26(39-41(4)5)29-27(18-24)40-32(35-29)31(37)34-9-10-38-30(21-7-6-8-25(36)16-21)28-22-12-19-11-20(14-22)15-23(28)13-19/h6-8,16-20,22-23,36H,9-15H2,1-5H3,(H,34,37). The van der Waals surface area contributed by atoms with Crippen molar-refractivity contribution in [2.75, 3.05) is 13.2 Å². The first-order chi connectivity index (χ1) is 19.5. The average molecular weight is 590 g/mol. The Morgan fingerprint density at radius 2 is 1.78 bits per heavy atom. The third-order valence-corrected chi connectivity index (χ3v) is 10.5. The van der Waals surface area contributed by atoms with Crippen LogP contribution in [0.15, 0.2) is 42.0 Å². The lowest BCUT2D eigenvalue weighted by molar-refractivity contribution is 0.0665. The third-order valence-electron chi connectivity index (χ3n) is 8.86. The van der Waals surface area contributed by atoms with Crippen LogP contribution < -0.4 is 9.74 Å². The molecule has 0 atom stereocenters. The largest absolute Gasteiger partial charge is 0.541 e. The first kappa shape index (κ1) is 28.3. The Balaban J connectivity index is 1.18. The molecule has 0 spiro atoms. The Morgan fingerprint density at radius 1 is 1.07 bits per heavy atom. The molecule has 7 rings (SSSR count). The number of allylic oxidation sites excluding steroid dienone is 1. The molecule has 1 aromatic heterocycles. The molecule has 41 heavy (non-hydrogen) atoms. The number of aromatic hydroxyl groups is 1. The first-order valence-electron chi connectivity index (χ1n) is 14.9. The van der Waals surface area contributed by atoms with E-state index in [1.54, 1.807) is 12.1 Å². The van der Waals surface area contributed by atoms with E-state index in [0.717, 1.165) is 39.1 Å². The van der Waals surface area contributed by atoms with Crippen molar-refractivity contribution < 1.29 is 19.1 Å². The number of carbonyl (C=O) groups is 1. The van der Waals surface area contributed by atoms with Crippen LogP contribution in [0.25, 0.3) is 16.0 Å². The maximum Gasteiger partial charge on any atom is 0.280 e. The molecule has 0 unspecified atom stereocenters. The summed E-state index contributed by atoms with van der Waals surface area (Å²) in [5.74, 6) is 4.58. The minimum atomic E-state index is -0.988. The molecule has 0 saturated heterocycles. The lowest BCUT2D eigenvalue weighted by Gasteiger charge is -2.51. The maximum atomic E-state index is 13.2. The van der Waals surface area contributed by atoms with Crippen LogP contribution >= 0.6 is 11.3 Å². The minimum Gasteiger partial charge on any atom is -0.541 e. The fourth-order valence-corrected chi connectivity index (χ4v) is 8.80. The second-order valence-corrected chi connectivity index (χ2v) is 16.4. The van der Waals surface area contributed by atoms with E-state index in [9.17, 15) is 9.90 Å². The fraction of sp³-hybridized carbons (Fsp3) is 0.515. The Labute approximate surface area is 248 Å². The molecule has 4 aliphatic rings. The van der Waals surface area contributed by atoms with Gasteiger partial charge in [-0.1, -0.05) is 32.9 Å². The molecule has 4 aliphatic carbocycles. The quantitative estimate of drug-likeness (QED) is 0.161. The van der Waals surface area contributed by atoms with Gasteiger partial charge in [-0.15, -0.1) is 11.3 Å². The first-order valence-corrected chi connectivity index (χ1v) is 18.1. The van der Waals surface area contributed by atoms with Crippen LogP contribution in [0.3, 0.4) is 0 Å². The Kier molecular flexibility index (Phi) is 7.66. The SMILES string of the molecule is C[Si](C)Oc1cc(C(C)(C)C)cc2sc(C(=O)NCCOC(=C3C4CC5CC(C4)CC3C5)c3cccc(O)c3)nc12. The van der Waals surface area contributed by atoms with Gasteiger partial charge in [0, 0.05) is 5.56 Å². The highest BCUT2D eigenvalue weighted by Crippen LogP contribution is 2.58. The molecule has 2 aromatic carbocycles. The van der Waals surface area contributed by atoms with Gasteiger partial charge in [-0.3, -0.25) is 4.79 Å². The highest BCUT2D eigenvalue weighted by atomic mass is 32.1. The molecule has 1 amide bonds. The molecule has 8 heteroatoms. The number of amides is 1. The number of fused-ring (bicyclic) bond motifs is 1. The molecule has 217 valence electrons. The number of hydrogen-bond donors (Lipinski definition) is 2. The lowest BCUT2D eigenvalue weighted by Crippen LogP contribution is -2.41. The smallest absolute Gasteiger partial charge is 0.280 e. The second kappa shape index (κ2) is 11.1. The number of thiazole rings is 1. The van der Waals surface area contributed by atoms with Crippen LogP contribution in [-0.2, 0) is 10.2 Å². The van der Waals surface area contributed by atoms with Crippen molar-refractivity contribution in [1.82, 2.24) is 10.3 Å². The molecule has 4 saturated carbocycles. The van der Waals surface area contributed by atoms with Gasteiger partial charge in [-0.25, -0.2) is 4.98 Å². The van der Waals surface area contributed by atoms with E-state index < -0.39 is 9.04 Å². The molecule has 1 radical (unpaired) electrons. The molecular formula is C33H41N2O4SSi. The zero-order valence-corrected chi connectivity index (χ0v) is 26.6. The summed E-state index contributed by atoms with van der Waals surface area (Å²) in [6.07, 6.45) is 6.41. The summed E-state index contributed by atoms with van der Waals surface area (Å²) in [6, 6.07) is 11.6. The van der Waals surface area contributed by atoms with Crippen molar-refractivity contribution >= 4 is 42.3 Å². The Bertz CT molecular complexity index is 1460. The van der Waals surface area contributed by atoms with Gasteiger partial charge >= 0.3 is 0 Å². The number of nitrogens with zero attached hydrogens (tertiary/aromatic N) is 1. The average Bonchev–Trinajstić information content (AvgIpc) is 3.33. The summed E-state index contributed by atoms with van der Waals surface area (Å²) in [5, 5.41) is 13.7. The minimum absolute atomic E-state index is 0.0382. The van der Waals surface area contributed by atoms with E-state index in [4.69, 9.17) is 14.1 Å². The number of ether oxygens (including phenoxy) is 1. The molecule has 1 heterocycles. The summed E-state index contributed by atoms with van der Waals surface area (Å²) >= 11 is 1.41. The van der Waals surface area contributed by atoms with Crippen molar-refractivity contribution in [2.45, 2.75) is 71.4 Å². The van der Waals surface area contributed by atoms with Gasteiger partial charge < -0.3 is 19.6 Å². The number of rotatable bonds is 8. The number of phenolic OH excluding ortho intramolecular Hbond substituents is 1. The Morgan fingerprint density at radius 3 is 2.41 bits per heavy atom. The number of nitrogens with one attached hydrogen (secondary N) is 1. The predicted molar refractivity (Wildman–Crippen MR) is 167 cm³/mol. The van der Waals surface area contributed by atoms with Crippen LogP contribution in [0, 0.1) is 23.7 Å². The fourth-order valence-electron chi connectivity index (χ4n) is 7.26. The van der Waals surface area contributed by atoms with Crippen molar-refractivity contribution in [3.8, 4) is 11.5 Å². The van der Waals surface area contributed by atoms with E-state index in [1.165, 1.54) is 54.6 Å². The molecule has 0 aliphatic heterocycles. The van der Waals surface area contributed by atoms with Gasteiger partial charge in [-0.2, -0.15) is 0 Å². The van der Waals surface area contributed by atoms with Gasteiger partial charge in [0.15, 0.2) is 5.01 Å². The van der Waals surface area contributed by atoms with Gasteiger partial charge in [0.25, 0.3) is 14.9 Å². The summed E-state index contributed by atoms with van der Waals surface area (Å²) in [4.78, 5) is 17.9. The lowest BCUT2D eigenvalue weighted by atomic mass is 9.54. The molecular weight excluding hydrogens is 549 g/mol. The van der Waals surface area contributed by atoms with Crippen molar-refractivity contribution in [3.63, 3.8) is 0 Å². The summed E-state index contributed by atoms with van der Waals surface area (Å²) in [5.41, 5.74) is 4.26. The van der Waals surface area contributed by atoms with Crippen LogP contribution in [0.5, 0.6) is 11.5 Å². The number of benzene rings is 2. The number of carbonyl (C=O) groups excluding carboxylic acids is 1. The van der Waals surface area contributed by atoms with Crippen LogP contribution in [0.4, 0.5) is 0 Å². The van der Waals surface area contributed by atoms with Crippen LogP contribution in [0.2, 0.25) is 13.1 Å². The molecule has 6 nitrogen and oxygen atoms in total. The van der Waals surface area contributed by atoms with E-state index in [1.807, 2.05) is 12.1 Å². The maximum absolute atomic E-state index is 13.2. The summed E-state index contributed by atoms with van der Waals surface area (Å²) in [6.45, 7) is 11.5. The predicted octanol–water partition coefficient (Wildman–Crippen LogP) is 7.54. The molecule has 4 bridgehead atoms.